The largest absolute Gasteiger partial charge is 0.468 e. The summed E-state index contributed by atoms with van der Waals surface area (Å²) in [6.07, 6.45) is 4.95. The number of nitrogens with zero attached hydrogens (tertiary/aromatic N) is 4. The third-order valence-electron chi connectivity index (χ3n) is 4.26. The van der Waals surface area contributed by atoms with E-state index in [0.717, 1.165) is 5.56 Å². The number of nitrogens with one attached hydrogen (secondary N) is 1. The quantitative estimate of drug-likeness (QED) is 0.389. The summed E-state index contributed by atoms with van der Waals surface area (Å²) in [5.41, 5.74) is 1.86. The fraction of sp³-hybridized carbons (Fsp3) is 0.0952. The van der Waals surface area contributed by atoms with Crippen molar-refractivity contribution in [3.63, 3.8) is 0 Å². The molecular weight excluding hydrogens is 461 g/mol. The standard InChI is InChI=1S/C21H16Cl3N5O2/c22-15-10-25-29(12-15)11-14-3-1-4-16(9-14)26-21(30)19-7-8-28(27-19)13-31-20-17(23)5-2-6-18(20)24/h1-10,12H,11,13H2,(H,26,30). The molecule has 0 atom stereocenters. The van der Waals surface area contributed by atoms with Gasteiger partial charge >= 0.3 is 0 Å². The molecule has 0 unspecified atom stereocenters. The van der Waals surface area contributed by atoms with E-state index in [2.05, 4.69) is 15.5 Å². The molecule has 4 rings (SSSR count). The second-order valence-electron chi connectivity index (χ2n) is 6.58. The van der Waals surface area contributed by atoms with Crippen LogP contribution in [0.15, 0.2) is 67.1 Å². The minimum absolute atomic E-state index is 0.0542. The molecule has 2 aromatic carbocycles. The van der Waals surface area contributed by atoms with Crippen molar-refractivity contribution in [3.05, 3.63) is 93.4 Å². The molecule has 2 aromatic heterocycles. The molecule has 0 spiro atoms. The Morgan fingerprint density at radius 3 is 2.55 bits per heavy atom. The van der Waals surface area contributed by atoms with E-state index in [0.29, 0.717) is 33.0 Å². The Balaban J connectivity index is 1.38. The molecule has 0 aliphatic heterocycles. The predicted octanol–water partition coefficient (Wildman–Crippen LogP) is 5.38. The Bertz CT molecular complexity index is 1200. The van der Waals surface area contributed by atoms with Gasteiger partial charge in [-0.05, 0) is 35.9 Å². The lowest BCUT2D eigenvalue weighted by atomic mass is 10.2. The van der Waals surface area contributed by atoms with Crippen molar-refractivity contribution in [2.45, 2.75) is 13.3 Å². The van der Waals surface area contributed by atoms with Crippen LogP contribution < -0.4 is 10.1 Å². The molecule has 0 fully saturated rings. The number of anilines is 1. The van der Waals surface area contributed by atoms with Gasteiger partial charge < -0.3 is 10.1 Å². The van der Waals surface area contributed by atoms with Crippen LogP contribution in [0.4, 0.5) is 5.69 Å². The Morgan fingerprint density at radius 2 is 1.81 bits per heavy atom. The van der Waals surface area contributed by atoms with Crippen molar-refractivity contribution in [3.8, 4) is 5.75 Å². The van der Waals surface area contributed by atoms with E-state index < -0.39 is 0 Å². The fourth-order valence-corrected chi connectivity index (χ4v) is 3.52. The first kappa shape index (κ1) is 21.2. The fourth-order valence-electron chi connectivity index (χ4n) is 2.86. The first-order chi connectivity index (χ1) is 15.0. The van der Waals surface area contributed by atoms with Crippen molar-refractivity contribution >= 4 is 46.4 Å². The van der Waals surface area contributed by atoms with Crippen LogP contribution in [-0.2, 0) is 13.3 Å². The molecule has 0 radical (unpaired) electrons. The van der Waals surface area contributed by atoms with Gasteiger partial charge in [0.25, 0.3) is 5.91 Å². The van der Waals surface area contributed by atoms with Crippen LogP contribution in [0.5, 0.6) is 5.75 Å². The number of amides is 1. The normalized spacial score (nSPS) is 10.8. The number of benzene rings is 2. The molecule has 7 nitrogen and oxygen atoms in total. The number of hydrogen-bond donors (Lipinski definition) is 1. The van der Waals surface area contributed by atoms with Gasteiger partial charge in [0.2, 0.25) is 0 Å². The van der Waals surface area contributed by atoms with Crippen molar-refractivity contribution in [2.75, 3.05) is 5.32 Å². The summed E-state index contributed by atoms with van der Waals surface area (Å²) in [5.74, 6) is 0.0245. The summed E-state index contributed by atoms with van der Waals surface area (Å²) < 4.78 is 8.82. The number of ether oxygens (including phenoxy) is 1. The number of rotatable bonds is 7. The topological polar surface area (TPSA) is 74.0 Å². The van der Waals surface area contributed by atoms with E-state index >= 15 is 0 Å². The van der Waals surface area contributed by atoms with Crippen LogP contribution >= 0.6 is 34.8 Å². The molecule has 2 heterocycles. The minimum Gasteiger partial charge on any atom is -0.468 e. The van der Waals surface area contributed by atoms with Crippen molar-refractivity contribution in [1.82, 2.24) is 19.6 Å². The third-order valence-corrected chi connectivity index (χ3v) is 5.05. The van der Waals surface area contributed by atoms with Crippen LogP contribution in [0.25, 0.3) is 0 Å². The molecular formula is C21H16Cl3N5O2. The molecule has 1 amide bonds. The number of aromatic nitrogens is 4. The van der Waals surface area contributed by atoms with Crippen LogP contribution in [0, 0.1) is 0 Å². The predicted molar refractivity (Wildman–Crippen MR) is 120 cm³/mol. The Morgan fingerprint density at radius 1 is 1.03 bits per heavy atom. The van der Waals surface area contributed by atoms with E-state index in [9.17, 15) is 4.79 Å². The van der Waals surface area contributed by atoms with Gasteiger partial charge in [-0.2, -0.15) is 10.2 Å². The maximum atomic E-state index is 12.6. The zero-order valence-electron chi connectivity index (χ0n) is 16.0. The van der Waals surface area contributed by atoms with E-state index in [4.69, 9.17) is 39.5 Å². The highest BCUT2D eigenvalue weighted by Gasteiger charge is 2.12. The van der Waals surface area contributed by atoms with Crippen molar-refractivity contribution < 1.29 is 9.53 Å². The lowest BCUT2D eigenvalue weighted by Crippen LogP contribution is -2.14. The van der Waals surface area contributed by atoms with Crippen LogP contribution in [-0.4, -0.2) is 25.5 Å². The molecule has 0 aliphatic rings. The van der Waals surface area contributed by atoms with Crippen LogP contribution in [0.2, 0.25) is 15.1 Å². The molecule has 0 bridgehead atoms. The van der Waals surface area contributed by atoms with Crippen LogP contribution in [0.1, 0.15) is 16.1 Å². The summed E-state index contributed by atoms with van der Waals surface area (Å²) in [7, 11) is 0. The Hall–Kier alpha value is -3.00. The lowest BCUT2D eigenvalue weighted by Gasteiger charge is -2.09. The first-order valence-electron chi connectivity index (χ1n) is 9.16. The highest BCUT2D eigenvalue weighted by Crippen LogP contribution is 2.32. The second kappa shape index (κ2) is 9.43. The van der Waals surface area contributed by atoms with Gasteiger partial charge in [-0.1, -0.05) is 53.0 Å². The van der Waals surface area contributed by atoms with Gasteiger partial charge in [0.1, 0.15) is 0 Å². The van der Waals surface area contributed by atoms with E-state index in [1.165, 1.54) is 4.68 Å². The number of para-hydroxylation sites is 1. The zero-order chi connectivity index (χ0) is 21.8. The molecule has 0 saturated heterocycles. The average molecular weight is 477 g/mol. The summed E-state index contributed by atoms with van der Waals surface area (Å²) in [6.45, 7) is 0.589. The van der Waals surface area contributed by atoms with E-state index in [1.807, 2.05) is 18.2 Å². The smallest absolute Gasteiger partial charge is 0.276 e. The molecule has 10 heteroatoms. The summed E-state index contributed by atoms with van der Waals surface area (Å²) in [6, 6.07) is 14.2. The van der Waals surface area contributed by atoms with Crippen molar-refractivity contribution in [2.24, 2.45) is 0 Å². The van der Waals surface area contributed by atoms with Gasteiger partial charge in [0.15, 0.2) is 18.2 Å². The van der Waals surface area contributed by atoms with Crippen LogP contribution in [0.3, 0.4) is 0 Å². The summed E-state index contributed by atoms with van der Waals surface area (Å²) in [5, 5.41) is 12.6. The number of carbonyl (C=O) groups excluding carboxylic acids is 1. The Labute approximate surface area is 193 Å². The number of halogens is 3. The maximum Gasteiger partial charge on any atom is 0.276 e. The molecule has 31 heavy (non-hydrogen) atoms. The first-order valence-corrected chi connectivity index (χ1v) is 10.3. The second-order valence-corrected chi connectivity index (χ2v) is 7.83. The van der Waals surface area contributed by atoms with E-state index in [1.54, 1.807) is 53.6 Å². The summed E-state index contributed by atoms with van der Waals surface area (Å²) >= 11 is 18.1. The van der Waals surface area contributed by atoms with Gasteiger partial charge in [-0.15, -0.1) is 0 Å². The van der Waals surface area contributed by atoms with Gasteiger partial charge in [-0.3, -0.25) is 9.48 Å². The molecule has 4 aromatic rings. The van der Waals surface area contributed by atoms with Gasteiger partial charge in [0, 0.05) is 18.1 Å². The monoisotopic (exact) mass is 475 g/mol. The molecule has 0 aliphatic carbocycles. The molecule has 0 saturated carbocycles. The SMILES string of the molecule is O=C(Nc1cccc(Cn2cc(Cl)cn2)c1)c1ccn(COc2c(Cl)cccc2Cl)n1. The van der Waals surface area contributed by atoms with Crippen molar-refractivity contribution in [1.29, 1.82) is 0 Å². The average Bonchev–Trinajstić information content (AvgIpc) is 3.37. The number of hydrogen-bond acceptors (Lipinski definition) is 4. The highest BCUT2D eigenvalue weighted by atomic mass is 35.5. The number of carbonyl (C=O) groups is 1. The lowest BCUT2D eigenvalue weighted by molar-refractivity contribution is 0.102. The summed E-state index contributed by atoms with van der Waals surface area (Å²) in [4.78, 5) is 12.6. The zero-order valence-corrected chi connectivity index (χ0v) is 18.3. The van der Waals surface area contributed by atoms with Gasteiger partial charge in [0.05, 0.1) is 27.8 Å². The minimum atomic E-state index is -0.339. The van der Waals surface area contributed by atoms with E-state index in [-0.39, 0.29) is 18.3 Å². The molecule has 1 N–H and O–H groups in total. The maximum absolute atomic E-state index is 12.6. The Kier molecular flexibility index (Phi) is 6.46. The highest BCUT2D eigenvalue weighted by molar-refractivity contribution is 6.37. The third kappa shape index (κ3) is 5.38. The van der Waals surface area contributed by atoms with Gasteiger partial charge in [-0.25, -0.2) is 4.68 Å². The molecule has 158 valence electrons.